The highest BCUT2D eigenvalue weighted by Gasteiger charge is 2.29. The molecule has 0 aliphatic carbocycles. The number of carboxylic acids is 2. The van der Waals surface area contributed by atoms with Crippen LogP contribution < -0.4 is 38.9 Å². The van der Waals surface area contributed by atoms with E-state index in [1.165, 1.54) is 0 Å². The van der Waals surface area contributed by atoms with Crippen LogP contribution in [0.4, 0.5) is 0 Å². The molecule has 180 valence electrons. The number of nitrogens with one attached hydrogen (secondary N) is 3. The summed E-state index contributed by atoms with van der Waals surface area (Å²) in [6, 6.07) is -4.29. The van der Waals surface area contributed by atoms with Crippen LogP contribution in [-0.4, -0.2) is 83.0 Å². The SMILES string of the molecule is NC(=O)CC(N)C(=O)NC(CCCN=C(N)N)C(=O)NC(CC(=O)O)C(=O)NCC(=O)O. The van der Waals surface area contributed by atoms with E-state index in [2.05, 4.69) is 15.6 Å². The molecule has 4 amide bonds. The molecule has 3 unspecified atom stereocenters. The van der Waals surface area contributed by atoms with Gasteiger partial charge in [0.15, 0.2) is 5.96 Å². The Balaban J connectivity index is 5.39. The molecular formula is C16H28N8O8. The molecule has 0 saturated heterocycles. The molecule has 0 aliphatic rings. The van der Waals surface area contributed by atoms with Crippen molar-refractivity contribution < 1.29 is 39.0 Å². The third kappa shape index (κ3) is 12.6. The van der Waals surface area contributed by atoms with Crippen LogP contribution >= 0.6 is 0 Å². The molecule has 16 nitrogen and oxygen atoms in total. The third-order valence-electron chi connectivity index (χ3n) is 3.76. The van der Waals surface area contributed by atoms with Crippen LogP contribution in [0.3, 0.4) is 0 Å². The predicted octanol–water partition coefficient (Wildman–Crippen LogP) is -5.11. The van der Waals surface area contributed by atoms with E-state index in [4.69, 9.17) is 33.1 Å². The molecule has 0 aromatic carbocycles. The van der Waals surface area contributed by atoms with Gasteiger partial charge in [0.05, 0.1) is 18.9 Å². The number of aliphatic imine (C=N–C) groups is 1. The lowest BCUT2D eigenvalue weighted by molar-refractivity contribution is -0.141. The van der Waals surface area contributed by atoms with Crippen LogP contribution in [0.2, 0.25) is 0 Å². The molecule has 0 aromatic rings. The number of hydrogen-bond acceptors (Lipinski definition) is 8. The molecular weight excluding hydrogens is 432 g/mol. The van der Waals surface area contributed by atoms with Gasteiger partial charge >= 0.3 is 11.9 Å². The molecule has 0 spiro atoms. The number of amides is 4. The first-order valence-electron chi connectivity index (χ1n) is 9.24. The molecule has 0 saturated carbocycles. The molecule has 32 heavy (non-hydrogen) atoms. The number of aliphatic carboxylic acids is 2. The predicted molar refractivity (Wildman–Crippen MR) is 108 cm³/mol. The van der Waals surface area contributed by atoms with Gasteiger partial charge in [-0.15, -0.1) is 0 Å². The summed E-state index contributed by atoms with van der Waals surface area (Å²) in [5.41, 5.74) is 20.9. The van der Waals surface area contributed by atoms with Crippen molar-refractivity contribution in [2.24, 2.45) is 27.9 Å². The van der Waals surface area contributed by atoms with Gasteiger partial charge in [-0.25, -0.2) is 0 Å². The summed E-state index contributed by atoms with van der Waals surface area (Å²) in [5.74, 6) is -6.78. The number of nitrogens with two attached hydrogens (primary N) is 4. The van der Waals surface area contributed by atoms with Crippen LogP contribution in [0.1, 0.15) is 25.7 Å². The Morgan fingerprint density at radius 3 is 1.91 bits per heavy atom. The van der Waals surface area contributed by atoms with E-state index in [9.17, 15) is 28.8 Å². The first-order chi connectivity index (χ1) is 14.8. The summed E-state index contributed by atoms with van der Waals surface area (Å²) in [4.78, 5) is 73.2. The largest absolute Gasteiger partial charge is 0.481 e. The Kier molecular flexibility index (Phi) is 12.4. The third-order valence-corrected chi connectivity index (χ3v) is 3.76. The van der Waals surface area contributed by atoms with Crippen molar-refractivity contribution in [2.75, 3.05) is 13.1 Å². The monoisotopic (exact) mass is 460 g/mol. The maximum atomic E-state index is 12.7. The quantitative estimate of drug-likeness (QED) is 0.0632. The minimum Gasteiger partial charge on any atom is -0.481 e. The molecule has 0 radical (unpaired) electrons. The second-order valence-corrected chi connectivity index (χ2v) is 6.56. The molecule has 0 aliphatic heterocycles. The zero-order valence-corrected chi connectivity index (χ0v) is 17.1. The van der Waals surface area contributed by atoms with E-state index in [0.717, 1.165) is 0 Å². The summed E-state index contributed by atoms with van der Waals surface area (Å²) in [6.07, 6.45) is -1.20. The van der Waals surface area contributed by atoms with E-state index in [1.807, 2.05) is 5.32 Å². The number of carbonyl (C=O) groups is 6. The first-order valence-corrected chi connectivity index (χ1v) is 9.24. The van der Waals surface area contributed by atoms with E-state index in [0.29, 0.717) is 0 Å². The maximum Gasteiger partial charge on any atom is 0.322 e. The normalized spacial score (nSPS) is 13.0. The molecule has 0 bridgehead atoms. The number of primary amides is 1. The molecule has 0 fully saturated rings. The average Bonchev–Trinajstić information content (AvgIpc) is 2.66. The Bertz CT molecular complexity index is 752. The highest BCUT2D eigenvalue weighted by Crippen LogP contribution is 2.03. The Hall–Kier alpha value is -3.95. The fraction of sp³-hybridized carbons (Fsp3) is 0.562. The number of carbonyl (C=O) groups excluding carboxylic acids is 4. The lowest BCUT2D eigenvalue weighted by Crippen LogP contribution is -2.56. The minimum absolute atomic E-state index is 0.0474. The number of carboxylic acid groups (broad SMARTS) is 2. The molecule has 0 heterocycles. The lowest BCUT2D eigenvalue weighted by atomic mass is 10.1. The van der Waals surface area contributed by atoms with Crippen molar-refractivity contribution in [1.82, 2.24) is 16.0 Å². The van der Waals surface area contributed by atoms with E-state index in [1.54, 1.807) is 0 Å². The average molecular weight is 460 g/mol. The van der Waals surface area contributed by atoms with Gasteiger partial charge in [-0.3, -0.25) is 33.8 Å². The van der Waals surface area contributed by atoms with Gasteiger partial charge in [-0.05, 0) is 12.8 Å². The van der Waals surface area contributed by atoms with Crippen LogP contribution in [0, 0.1) is 0 Å². The highest BCUT2D eigenvalue weighted by molar-refractivity contribution is 5.95. The van der Waals surface area contributed by atoms with Gasteiger partial charge in [0, 0.05) is 6.54 Å². The van der Waals surface area contributed by atoms with Gasteiger partial charge in [0.1, 0.15) is 18.6 Å². The zero-order chi connectivity index (χ0) is 24.8. The number of rotatable bonds is 15. The Labute approximate surface area is 182 Å². The summed E-state index contributed by atoms with van der Waals surface area (Å²) < 4.78 is 0. The summed E-state index contributed by atoms with van der Waals surface area (Å²) >= 11 is 0. The second-order valence-electron chi connectivity index (χ2n) is 6.56. The van der Waals surface area contributed by atoms with Crippen molar-refractivity contribution in [3.63, 3.8) is 0 Å². The Morgan fingerprint density at radius 1 is 0.812 bits per heavy atom. The van der Waals surface area contributed by atoms with Gasteiger partial charge in [0.25, 0.3) is 0 Å². The number of guanidine groups is 1. The van der Waals surface area contributed by atoms with Gasteiger partial charge in [0.2, 0.25) is 23.6 Å². The number of nitrogens with zero attached hydrogens (tertiary/aromatic N) is 1. The van der Waals surface area contributed by atoms with E-state index >= 15 is 0 Å². The molecule has 0 rings (SSSR count). The standard InChI is InChI=1S/C16H28N8O8/c17-7(4-10(18)25)13(30)23-8(2-1-3-21-16(19)20)15(32)24-9(5-11(26)27)14(31)22-6-12(28)29/h7-9H,1-6,17H2,(H2,18,25)(H,22,31)(H,23,30)(H,24,32)(H,26,27)(H,28,29)(H4,19,20,21). The van der Waals surface area contributed by atoms with Crippen molar-refractivity contribution in [3.8, 4) is 0 Å². The van der Waals surface area contributed by atoms with Crippen molar-refractivity contribution in [3.05, 3.63) is 0 Å². The van der Waals surface area contributed by atoms with Crippen LogP contribution in [0.15, 0.2) is 4.99 Å². The first kappa shape index (κ1) is 28.0. The summed E-state index contributed by atoms with van der Waals surface area (Å²) in [6.45, 7) is -0.710. The van der Waals surface area contributed by atoms with E-state index < -0.39 is 73.1 Å². The molecule has 3 atom stereocenters. The van der Waals surface area contributed by atoms with E-state index in [-0.39, 0.29) is 25.3 Å². The minimum atomic E-state index is -1.63. The van der Waals surface area contributed by atoms with Crippen molar-refractivity contribution >= 4 is 41.5 Å². The van der Waals surface area contributed by atoms with Crippen molar-refractivity contribution in [1.29, 1.82) is 0 Å². The molecule has 0 aromatic heterocycles. The fourth-order valence-electron chi connectivity index (χ4n) is 2.30. The maximum absolute atomic E-state index is 12.7. The van der Waals surface area contributed by atoms with Gasteiger partial charge in [-0.1, -0.05) is 0 Å². The second kappa shape index (κ2) is 14.1. The Morgan fingerprint density at radius 2 is 1.41 bits per heavy atom. The lowest BCUT2D eigenvalue weighted by Gasteiger charge is -2.23. The zero-order valence-electron chi connectivity index (χ0n) is 17.1. The summed E-state index contributed by atoms with van der Waals surface area (Å²) in [5, 5.41) is 24.0. The molecule has 16 heteroatoms. The van der Waals surface area contributed by atoms with Gasteiger partial charge in [-0.2, -0.15) is 0 Å². The van der Waals surface area contributed by atoms with Crippen molar-refractivity contribution in [2.45, 2.75) is 43.8 Å². The fourth-order valence-corrected chi connectivity index (χ4v) is 2.30. The number of hydrogen-bond donors (Lipinski definition) is 9. The van der Waals surface area contributed by atoms with Crippen LogP contribution in [0.5, 0.6) is 0 Å². The van der Waals surface area contributed by atoms with Gasteiger partial charge < -0.3 is 49.1 Å². The van der Waals surface area contributed by atoms with Crippen LogP contribution in [0.25, 0.3) is 0 Å². The molecule has 13 N–H and O–H groups in total. The summed E-state index contributed by atoms with van der Waals surface area (Å²) in [7, 11) is 0. The smallest absolute Gasteiger partial charge is 0.322 e. The van der Waals surface area contributed by atoms with Crippen LogP contribution in [-0.2, 0) is 28.8 Å². The highest BCUT2D eigenvalue weighted by atomic mass is 16.4. The topological polar surface area (TPSA) is 295 Å².